The second-order valence-corrected chi connectivity index (χ2v) is 8.45. The number of fused-ring (bicyclic) bond motifs is 3. The molecule has 178 valence electrons. The van der Waals surface area contributed by atoms with E-state index in [9.17, 15) is 9.59 Å². The van der Waals surface area contributed by atoms with E-state index in [1.165, 1.54) is 16.3 Å². The van der Waals surface area contributed by atoms with Gasteiger partial charge in [0.1, 0.15) is 5.75 Å². The van der Waals surface area contributed by atoms with Crippen molar-refractivity contribution in [1.82, 2.24) is 19.2 Å². The van der Waals surface area contributed by atoms with Crippen LogP contribution >= 0.6 is 11.8 Å². The average Bonchev–Trinajstić information content (AvgIpc) is 3.30. The lowest BCUT2D eigenvalue weighted by Gasteiger charge is -2.22. The lowest BCUT2D eigenvalue weighted by molar-refractivity contribution is -0.116. The number of hydrogen-bond donors (Lipinski definition) is 0. The first-order valence-corrected chi connectivity index (χ1v) is 12.1. The Hall–Kier alpha value is -4.10. The smallest absolute Gasteiger partial charge is 0.263 e. The number of nitriles is 1. The van der Waals surface area contributed by atoms with E-state index in [1.54, 1.807) is 51.8 Å². The third kappa shape index (κ3) is 4.90. The molecule has 0 saturated heterocycles. The van der Waals surface area contributed by atoms with E-state index in [4.69, 9.17) is 10.00 Å². The van der Waals surface area contributed by atoms with E-state index in [2.05, 4.69) is 22.8 Å². The van der Waals surface area contributed by atoms with Crippen LogP contribution in [0.2, 0.25) is 0 Å². The second-order valence-electron chi connectivity index (χ2n) is 7.51. The Labute approximate surface area is 206 Å². The predicted molar refractivity (Wildman–Crippen MR) is 136 cm³/mol. The van der Waals surface area contributed by atoms with Gasteiger partial charge in [0.2, 0.25) is 11.7 Å². The summed E-state index contributed by atoms with van der Waals surface area (Å²) in [5.41, 5.74) is 1.18. The molecule has 0 aliphatic carbocycles. The largest absolute Gasteiger partial charge is 0.494 e. The first kappa shape index (κ1) is 24.0. The second kappa shape index (κ2) is 10.9. The highest BCUT2D eigenvalue weighted by Gasteiger charge is 2.20. The first-order chi connectivity index (χ1) is 17.1. The molecule has 1 amide bonds. The summed E-state index contributed by atoms with van der Waals surface area (Å²) in [7, 11) is 0. The number of rotatable bonds is 10. The highest BCUT2D eigenvalue weighted by atomic mass is 32.2. The number of ether oxygens (including phenoxy) is 1. The Balaban J connectivity index is 1.64. The van der Waals surface area contributed by atoms with E-state index >= 15 is 0 Å². The molecule has 0 radical (unpaired) electrons. The monoisotopic (exact) mass is 488 g/mol. The van der Waals surface area contributed by atoms with Gasteiger partial charge in [0.25, 0.3) is 5.56 Å². The van der Waals surface area contributed by atoms with Crippen molar-refractivity contribution in [2.75, 3.05) is 23.8 Å². The van der Waals surface area contributed by atoms with Crippen molar-refractivity contribution in [2.45, 2.75) is 25.0 Å². The first-order valence-electron chi connectivity index (χ1n) is 11.1. The molecule has 0 fully saturated rings. The Morgan fingerprint density at radius 2 is 2.00 bits per heavy atom. The molecule has 9 nitrogen and oxygen atoms in total. The zero-order valence-corrected chi connectivity index (χ0v) is 20.1. The SMILES string of the molecule is C=CCn1c(=O)c2ccccc2n2c(SCC(=O)N(CCC#N)c3ccc(OCC)cc3)nnc12. The molecule has 2 heterocycles. The molecule has 0 aliphatic heterocycles. The van der Waals surface area contributed by atoms with Crippen LogP contribution in [0.4, 0.5) is 5.69 Å². The van der Waals surface area contributed by atoms with Crippen molar-refractivity contribution >= 4 is 40.0 Å². The summed E-state index contributed by atoms with van der Waals surface area (Å²) in [6.45, 7) is 6.75. The highest BCUT2D eigenvalue weighted by Crippen LogP contribution is 2.24. The van der Waals surface area contributed by atoms with E-state index in [0.717, 1.165) is 0 Å². The van der Waals surface area contributed by atoms with Gasteiger partial charge in [0.15, 0.2) is 5.16 Å². The van der Waals surface area contributed by atoms with Crippen LogP contribution < -0.4 is 15.2 Å². The van der Waals surface area contributed by atoms with E-state index in [-0.39, 0.29) is 36.7 Å². The lowest BCUT2D eigenvalue weighted by atomic mass is 10.2. The summed E-state index contributed by atoms with van der Waals surface area (Å²) in [6.07, 6.45) is 1.83. The van der Waals surface area contributed by atoms with Gasteiger partial charge < -0.3 is 9.64 Å². The number of aromatic nitrogens is 4. The number of allylic oxidation sites excluding steroid dienone is 1. The Kier molecular flexibility index (Phi) is 7.48. The van der Waals surface area contributed by atoms with Crippen molar-refractivity contribution < 1.29 is 9.53 Å². The number of anilines is 1. The maximum atomic E-state index is 13.2. The fourth-order valence-electron chi connectivity index (χ4n) is 3.77. The molecule has 10 heteroatoms. The number of carbonyl (C=O) groups excluding carboxylic acids is 1. The van der Waals surface area contributed by atoms with E-state index in [1.807, 2.05) is 19.1 Å². The van der Waals surface area contributed by atoms with Crippen LogP contribution in [0.1, 0.15) is 13.3 Å². The molecule has 0 N–H and O–H groups in total. The predicted octanol–water partition coefficient (Wildman–Crippen LogP) is 3.67. The molecule has 0 unspecified atom stereocenters. The van der Waals surface area contributed by atoms with Crippen molar-refractivity contribution in [3.8, 4) is 11.8 Å². The molecule has 2 aromatic carbocycles. The van der Waals surface area contributed by atoms with Gasteiger partial charge in [-0.2, -0.15) is 5.26 Å². The molecule has 0 saturated carbocycles. The summed E-state index contributed by atoms with van der Waals surface area (Å²) in [5.74, 6) is 1.01. The zero-order valence-electron chi connectivity index (χ0n) is 19.3. The number of benzene rings is 2. The van der Waals surface area contributed by atoms with Crippen molar-refractivity contribution in [2.24, 2.45) is 0 Å². The number of hydrogen-bond acceptors (Lipinski definition) is 7. The summed E-state index contributed by atoms with van der Waals surface area (Å²) in [5, 5.41) is 18.6. The van der Waals surface area contributed by atoms with Crippen LogP contribution in [-0.2, 0) is 11.3 Å². The molecule has 0 spiro atoms. The standard InChI is InChI=1S/C25H24N6O3S/c1-3-15-30-23(33)20-8-5-6-9-21(20)31-24(30)27-28-25(31)35-17-22(32)29(16-7-14-26)18-10-12-19(13-11-18)34-4-2/h3,5-6,8-13H,1,4,7,15-17H2,2H3. The lowest BCUT2D eigenvalue weighted by Crippen LogP contribution is -2.33. The number of amides is 1. The van der Waals surface area contributed by atoms with Crippen LogP contribution in [0.15, 0.2) is 71.1 Å². The van der Waals surface area contributed by atoms with Crippen LogP contribution in [-0.4, -0.2) is 44.0 Å². The third-order valence-electron chi connectivity index (χ3n) is 5.32. The number of thioether (sulfide) groups is 1. The van der Waals surface area contributed by atoms with Gasteiger partial charge in [-0.25, -0.2) is 0 Å². The van der Waals surface area contributed by atoms with Crippen LogP contribution in [0.5, 0.6) is 5.75 Å². The third-order valence-corrected chi connectivity index (χ3v) is 6.24. The maximum absolute atomic E-state index is 13.2. The summed E-state index contributed by atoms with van der Waals surface area (Å²) < 4.78 is 8.78. The maximum Gasteiger partial charge on any atom is 0.263 e. The minimum Gasteiger partial charge on any atom is -0.494 e. The van der Waals surface area contributed by atoms with Crippen LogP contribution in [0.3, 0.4) is 0 Å². The van der Waals surface area contributed by atoms with E-state index < -0.39 is 0 Å². The Morgan fingerprint density at radius 3 is 2.71 bits per heavy atom. The molecular formula is C25H24N6O3S. The van der Waals surface area contributed by atoms with Gasteiger partial charge in [-0.1, -0.05) is 30.0 Å². The Bertz CT molecular complexity index is 1470. The molecule has 4 aromatic rings. The molecule has 4 rings (SSSR count). The van der Waals surface area contributed by atoms with Gasteiger partial charge in [0.05, 0.1) is 35.8 Å². The summed E-state index contributed by atoms with van der Waals surface area (Å²) in [6, 6.07) is 16.5. The van der Waals surface area contributed by atoms with Crippen molar-refractivity contribution in [1.29, 1.82) is 5.26 Å². The molecule has 35 heavy (non-hydrogen) atoms. The van der Waals surface area contributed by atoms with E-state index in [0.29, 0.717) is 39.9 Å². The summed E-state index contributed by atoms with van der Waals surface area (Å²) >= 11 is 1.23. The van der Waals surface area contributed by atoms with Crippen molar-refractivity contribution in [3.05, 3.63) is 71.5 Å². The van der Waals surface area contributed by atoms with Crippen LogP contribution in [0.25, 0.3) is 16.7 Å². The van der Waals surface area contributed by atoms with Crippen molar-refractivity contribution in [3.63, 3.8) is 0 Å². The fourth-order valence-corrected chi connectivity index (χ4v) is 4.59. The van der Waals surface area contributed by atoms with Gasteiger partial charge >= 0.3 is 0 Å². The zero-order chi connectivity index (χ0) is 24.8. The molecule has 0 bridgehead atoms. The number of carbonyl (C=O) groups is 1. The highest BCUT2D eigenvalue weighted by molar-refractivity contribution is 7.99. The fraction of sp³-hybridized carbons (Fsp3) is 0.240. The minimum absolute atomic E-state index is 0.0777. The topological polar surface area (TPSA) is 106 Å². The van der Waals surface area contributed by atoms with Gasteiger partial charge in [-0.3, -0.25) is 18.6 Å². The number of nitrogens with zero attached hydrogens (tertiary/aromatic N) is 6. The average molecular weight is 489 g/mol. The summed E-state index contributed by atoms with van der Waals surface area (Å²) in [4.78, 5) is 27.8. The molecule has 0 aliphatic rings. The van der Waals surface area contributed by atoms with Gasteiger partial charge in [-0.15, -0.1) is 16.8 Å². The quantitative estimate of drug-likeness (QED) is 0.248. The molecular weight excluding hydrogens is 464 g/mol. The number of para-hydroxylation sites is 1. The van der Waals surface area contributed by atoms with Crippen LogP contribution in [0, 0.1) is 11.3 Å². The normalized spacial score (nSPS) is 10.9. The Morgan fingerprint density at radius 1 is 1.23 bits per heavy atom. The van der Waals surface area contributed by atoms with Gasteiger partial charge in [0, 0.05) is 18.8 Å². The molecule has 2 aromatic heterocycles. The van der Waals surface area contributed by atoms with Gasteiger partial charge in [-0.05, 0) is 43.3 Å². The molecule has 0 atom stereocenters. The minimum atomic E-state index is -0.175.